The van der Waals surface area contributed by atoms with E-state index in [1.54, 1.807) is 0 Å². The number of amides is 1. The maximum absolute atomic E-state index is 12.7. The van der Waals surface area contributed by atoms with Gasteiger partial charge in [-0.1, -0.05) is 12.1 Å². The third kappa shape index (κ3) is 6.68. The van der Waals surface area contributed by atoms with E-state index in [1.165, 1.54) is 12.0 Å². The molecule has 1 unspecified atom stereocenters. The number of nitrogens with zero attached hydrogens (tertiary/aromatic N) is 2. The Labute approximate surface area is 152 Å². The van der Waals surface area contributed by atoms with Crippen molar-refractivity contribution in [3.05, 3.63) is 35.4 Å². The molecule has 1 aliphatic heterocycles. The van der Waals surface area contributed by atoms with Crippen molar-refractivity contribution in [1.82, 2.24) is 15.1 Å². The van der Waals surface area contributed by atoms with Gasteiger partial charge in [0.25, 0.3) is 5.91 Å². The average Bonchev–Trinajstić information content (AvgIpc) is 2.47. The number of hydrogen-bond donors (Lipinski definition) is 1. The second-order valence-corrected chi connectivity index (χ2v) is 6.26. The van der Waals surface area contributed by atoms with Crippen LogP contribution in [0.4, 0.5) is 0 Å². The van der Waals surface area contributed by atoms with Crippen LogP contribution in [0.25, 0.3) is 0 Å². The molecule has 1 heterocycles. The van der Waals surface area contributed by atoms with E-state index in [9.17, 15) is 4.79 Å². The smallest absolute Gasteiger partial charge is 0.253 e. The van der Waals surface area contributed by atoms with Crippen LogP contribution in [0.15, 0.2) is 24.3 Å². The van der Waals surface area contributed by atoms with Gasteiger partial charge >= 0.3 is 0 Å². The Morgan fingerprint density at radius 1 is 1.35 bits per heavy atom. The fourth-order valence-electron chi connectivity index (χ4n) is 3.06. The fraction of sp³-hybridized carbons (Fsp3) is 0.588. The second kappa shape index (κ2) is 10.9. The highest BCUT2D eigenvalue weighted by Gasteiger charge is 2.24. The number of hydrogen-bond acceptors (Lipinski definition) is 3. The van der Waals surface area contributed by atoms with Crippen molar-refractivity contribution in [2.24, 2.45) is 5.92 Å². The van der Waals surface area contributed by atoms with Crippen LogP contribution >= 0.6 is 24.8 Å². The molecule has 1 aromatic rings. The molecule has 1 saturated heterocycles. The molecule has 1 fully saturated rings. The molecule has 1 N–H and O–H groups in total. The zero-order valence-electron chi connectivity index (χ0n) is 14.2. The van der Waals surface area contributed by atoms with Gasteiger partial charge in [-0.15, -0.1) is 24.8 Å². The second-order valence-electron chi connectivity index (χ2n) is 6.26. The normalized spacial score (nSPS) is 17.4. The van der Waals surface area contributed by atoms with Crippen molar-refractivity contribution in [3.8, 4) is 0 Å². The summed E-state index contributed by atoms with van der Waals surface area (Å²) in [5.41, 5.74) is 2.01. The molecule has 2 rings (SSSR count). The molecule has 0 bridgehead atoms. The van der Waals surface area contributed by atoms with Gasteiger partial charge < -0.3 is 15.1 Å². The first-order valence-corrected chi connectivity index (χ1v) is 7.77. The lowest BCUT2D eigenvalue weighted by Crippen LogP contribution is -2.42. The van der Waals surface area contributed by atoms with E-state index in [-0.39, 0.29) is 30.7 Å². The average molecular weight is 362 g/mol. The third-order valence-electron chi connectivity index (χ3n) is 3.97. The molecular weight excluding hydrogens is 333 g/mol. The molecule has 1 aromatic carbocycles. The zero-order valence-corrected chi connectivity index (χ0v) is 15.9. The maximum atomic E-state index is 12.7. The van der Waals surface area contributed by atoms with Crippen molar-refractivity contribution >= 4 is 30.7 Å². The lowest BCUT2D eigenvalue weighted by molar-refractivity contribution is 0.0674. The van der Waals surface area contributed by atoms with Gasteiger partial charge in [0, 0.05) is 25.2 Å². The van der Waals surface area contributed by atoms with Gasteiger partial charge in [0.05, 0.1) is 0 Å². The van der Waals surface area contributed by atoms with Gasteiger partial charge in [-0.05, 0) is 64.1 Å². The highest BCUT2D eigenvalue weighted by Crippen LogP contribution is 2.18. The Kier molecular flexibility index (Phi) is 10.5. The minimum atomic E-state index is 0. The topological polar surface area (TPSA) is 35.6 Å². The SMILES string of the molecule is CNCC1CCCN(C(=O)c2cccc(CN(C)C)c2)C1.Cl.Cl. The van der Waals surface area contributed by atoms with Crippen LogP contribution in [-0.4, -0.2) is 56.5 Å². The van der Waals surface area contributed by atoms with E-state index < -0.39 is 0 Å². The summed E-state index contributed by atoms with van der Waals surface area (Å²) in [7, 11) is 6.06. The Morgan fingerprint density at radius 3 is 2.74 bits per heavy atom. The van der Waals surface area contributed by atoms with Gasteiger partial charge in [0.2, 0.25) is 0 Å². The molecule has 132 valence electrons. The van der Waals surface area contributed by atoms with E-state index in [1.807, 2.05) is 44.2 Å². The molecule has 0 aliphatic carbocycles. The van der Waals surface area contributed by atoms with Crippen molar-refractivity contribution in [1.29, 1.82) is 0 Å². The third-order valence-corrected chi connectivity index (χ3v) is 3.97. The highest BCUT2D eigenvalue weighted by atomic mass is 35.5. The minimum absolute atomic E-state index is 0. The zero-order chi connectivity index (χ0) is 15.2. The van der Waals surface area contributed by atoms with Crippen LogP contribution in [0.3, 0.4) is 0 Å². The van der Waals surface area contributed by atoms with Crippen molar-refractivity contribution < 1.29 is 4.79 Å². The molecule has 0 spiro atoms. The van der Waals surface area contributed by atoms with Gasteiger partial charge in [-0.3, -0.25) is 4.79 Å². The number of carbonyl (C=O) groups excluding carboxylic acids is 1. The molecule has 6 heteroatoms. The summed E-state index contributed by atoms with van der Waals surface area (Å²) in [6.45, 7) is 3.61. The summed E-state index contributed by atoms with van der Waals surface area (Å²) in [5.74, 6) is 0.758. The van der Waals surface area contributed by atoms with Gasteiger partial charge in [-0.2, -0.15) is 0 Å². The molecule has 0 aromatic heterocycles. The summed E-state index contributed by atoms with van der Waals surface area (Å²) in [6.07, 6.45) is 2.32. The van der Waals surface area contributed by atoms with Crippen LogP contribution < -0.4 is 5.32 Å². The van der Waals surface area contributed by atoms with Crippen LogP contribution in [-0.2, 0) is 6.54 Å². The Morgan fingerprint density at radius 2 is 2.09 bits per heavy atom. The van der Waals surface area contributed by atoms with Gasteiger partial charge in [0.1, 0.15) is 0 Å². The predicted octanol–water partition coefficient (Wildman–Crippen LogP) is 2.66. The van der Waals surface area contributed by atoms with Crippen LogP contribution in [0.2, 0.25) is 0 Å². The van der Waals surface area contributed by atoms with E-state index >= 15 is 0 Å². The monoisotopic (exact) mass is 361 g/mol. The van der Waals surface area contributed by atoms with E-state index in [4.69, 9.17) is 0 Å². The Balaban J connectivity index is 0.00000242. The lowest BCUT2D eigenvalue weighted by Gasteiger charge is -2.33. The molecular formula is C17H29Cl2N3O. The standard InChI is InChI=1S/C17H27N3O.2ClH/c1-18-11-15-7-5-9-20(13-15)17(21)16-8-4-6-14(10-16)12-19(2)3;;/h4,6,8,10,15,18H,5,7,9,11-13H2,1-3H3;2*1H. The van der Waals surface area contributed by atoms with E-state index in [0.29, 0.717) is 5.92 Å². The number of benzene rings is 1. The number of rotatable bonds is 5. The highest BCUT2D eigenvalue weighted by molar-refractivity contribution is 5.94. The first-order chi connectivity index (χ1) is 10.1. The minimum Gasteiger partial charge on any atom is -0.338 e. The first kappa shape index (κ1) is 22.2. The van der Waals surface area contributed by atoms with E-state index in [0.717, 1.165) is 38.2 Å². The quantitative estimate of drug-likeness (QED) is 0.875. The van der Waals surface area contributed by atoms with Crippen molar-refractivity contribution in [3.63, 3.8) is 0 Å². The molecule has 4 nitrogen and oxygen atoms in total. The summed E-state index contributed by atoms with van der Waals surface area (Å²) in [6, 6.07) is 8.03. The van der Waals surface area contributed by atoms with Crippen LogP contribution in [0.1, 0.15) is 28.8 Å². The number of halogens is 2. The maximum Gasteiger partial charge on any atom is 0.253 e. The number of nitrogens with one attached hydrogen (secondary N) is 1. The lowest BCUT2D eigenvalue weighted by atomic mass is 9.97. The van der Waals surface area contributed by atoms with Crippen molar-refractivity contribution in [2.75, 3.05) is 40.8 Å². The molecule has 1 aliphatic rings. The largest absolute Gasteiger partial charge is 0.338 e. The number of piperidine rings is 1. The fourth-order valence-corrected chi connectivity index (χ4v) is 3.06. The molecule has 23 heavy (non-hydrogen) atoms. The van der Waals surface area contributed by atoms with Crippen LogP contribution in [0, 0.1) is 5.92 Å². The molecule has 1 atom stereocenters. The summed E-state index contributed by atoms with van der Waals surface area (Å²) in [5, 5.41) is 3.22. The van der Waals surface area contributed by atoms with Gasteiger partial charge in [-0.25, -0.2) is 0 Å². The summed E-state index contributed by atoms with van der Waals surface area (Å²) in [4.78, 5) is 16.8. The van der Waals surface area contributed by atoms with Crippen LogP contribution in [0.5, 0.6) is 0 Å². The Bertz CT molecular complexity index is 481. The number of likely N-dealkylation sites (tertiary alicyclic amines) is 1. The number of carbonyl (C=O) groups is 1. The summed E-state index contributed by atoms with van der Waals surface area (Å²) < 4.78 is 0. The molecule has 1 amide bonds. The first-order valence-electron chi connectivity index (χ1n) is 7.77. The summed E-state index contributed by atoms with van der Waals surface area (Å²) >= 11 is 0. The predicted molar refractivity (Wildman–Crippen MR) is 101 cm³/mol. The van der Waals surface area contributed by atoms with Crippen molar-refractivity contribution in [2.45, 2.75) is 19.4 Å². The molecule has 0 saturated carbocycles. The van der Waals surface area contributed by atoms with Gasteiger partial charge in [0.15, 0.2) is 0 Å². The Hall–Kier alpha value is -0.810. The molecule has 0 radical (unpaired) electrons. The van der Waals surface area contributed by atoms with E-state index in [2.05, 4.69) is 16.3 Å².